The van der Waals surface area contributed by atoms with Gasteiger partial charge in [-0.3, -0.25) is 9.59 Å². The Morgan fingerprint density at radius 2 is 1.81 bits per heavy atom. The predicted molar refractivity (Wildman–Crippen MR) is 90.4 cm³/mol. The van der Waals surface area contributed by atoms with Crippen molar-refractivity contribution in [1.82, 2.24) is 5.32 Å². The van der Waals surface area contributed by atoms with E-state index in [1.807, 2.05) is 0 Å². The summed E-state index contributed by atoms with van der Waals surface area (Å²) in [5.41, 5.74) is 0.635. The molecule has 1 aromatic carbocycles. The van der Waals surface area contributed by atoms with E-state index in [2.05, 4.69) is 23.3 Å². The smallest absolute Gasteiger partial charge is 0.229 e. The van der Waals surface area contributed by atoms with Crippen LogP contribution in [0.1, 0.15) is 25.7 Å². The van der Waals surface area contributed by atoms with E-state index in [0.717, 1.165) is 19.3 Å². The number of hydrogen-bond acceptors (Lipinski definition) is 3. The van der Waals surface area contributed by atoms with Crippen molar-refractivity contribution in [2.75, 3.05) is 17.6 Å². The van der Waals surface area contributed by atoms with E-state index < -0.39 is 0 Å². The number of carbonyl (C=O) groups is 2. The van der Waals surface area contributed by atoms with Crippen molar-refractivity contribution in [3.05, 3.63) is 28.2 Å². The minimum Gasteiger partial charge on any atom is -0.355 e. The second-order valence-corrected chi connectivity index (χ2v) is 5.63. The third-order valence-corrected chi connectivity index (χ3v) is 3.78. The van der Waals surface area contributed by atoms with Crippen molar-refractivity contribution in [3.63, 3.8) is 0 Å². The molecule has 2 amide bonds. The van der Waals surface area contributed by atoms with Crippen LogP contribution in [0.4, 0.5) is 5.69 Å². The Morgan fingerprint density at radius 3 is 2.48 bits per heavy atom. The zero-order valence-electron chi connectivity index (χ0n) is 11.5. The normalized spacial score (nSPS) is 10.2. The quantitative estimate of drug-likeness (QED) is 0.497. The highest BCUT2D eigenvalue weighted by Gasteiger charge is 2.04. The Kier molecular flexibility index (Phi) is 8.57. The predicted octanol–water partition coefficient (Wildman–Crippen LogP) is 3.54. The van der Waals surface area contributed by atoms with Crippen molar-refractivity contribution in [3.8, 4) is 0 Å². The molecule has 0 aliphatic rings. The maximum absolute atomic E-state index is 11.7. The molecule has 0 unspecified atom stereocenters. The highest BCUT2D eigenvalue weighted by atomic mass is 35.5. The standard InChI is InChI=1S/C14H18Cl2N2O2S/c15-11-6-5-10(8-12(11)16)18-13(19)4-2-1-3-7-17-14(20)9-21/h5-6,8,21H,1-4,7,9H2,(H,17,20)(H,18,19). The minimum absolute atomic E-state index is 0.0622. The molecule has 21 heavy (non-hydrogen) atoms. The number of carbonyl (C=O) groups excluding carboxylic acids is 2. The second-order valence-electron chi connectivity index (χ2n) is 4.50. The molecule has 0 heterocycles. The molecule has 1 rings (SSSR count). The molecule has 116 valence electrons. The first-order chi connectivity index (χ1) is 10.0. The molecule has 0 bridgehead atoms. The van der Waals surface area contributed by atoms with Gasteiger partial charge in [-0.15, -0.1) is 0 Å². The Balaban J connectivity index is 2.16. The maximum atomic E-state index is 11.7. The lowest BCUT2D eigenvalue weighted by molar-refractivity contribution is -0.118. The summed E-state index contributed by atoms with van der Waals surface area (Å²) in [4.78, 5) is 22.7. The molecule has 0 radical (unpaired) electrons. The van der Waals surface area contributed by atoms with E-state index in [0.29, 0.717) is 28.7 Å². The molecule has 2 N–H and O–H groups in total. The van der Waals surface area contributed by atoms with Gasteiger partial charge >= 0.3 is 0 Å². The highest BCUT2D eigenvalue weighted by molar-refractivity contribution is 7.81. The molecular formula is C14H18Cl2N2O2S. The van der Waals surface area contributed by atoms with Crippen molar-refractivity contribution < 1.29 is 9.59 Å². The number of hydrogen-bond donors (Lipinski definition) is 3. The average molecular weight is 349 g/mol. The van der Waals surface area contributed by atoms with Gasteiger partial charge in [-0.25, -0.2) is 0 Å². The summed E-state index contributed by atoms with van der Waals surface area (Å²) < 4.78 is 0. The molecule has 7 heteroatoms. The Labute approximate surface area is 140 Å². The third-order valence-electron chi connectivity index (χ3n) is 2.75. The fourth-order valence-electron chi connectivity index (χ4n) is 1.67. The molecule has 0 fully saturated rings. The summed E-state index contributed by atoms with van der Waals surface area (Å²) in [7, 11) is 0. The van der Waals surface area contributed by atoms with E-state index in [-0.39, 0.29) is 17.6 Å². The lowest BCUT2D eigenvalue weighted by atomic mass is 10.2. The van der Waals surface area contributed by atoms with Gasteiger partial charge in [0, 0.05) is 18.7 Å². The minimum atomic E-state index is -0.0734. The molecule has 0 aliphatic carbocycles. The zero-order valence-corrected chi connectivity index (χ0v) is 13.9. The summed E-state index contributed by atoms with van der Waals surface area (Å²) in [6.45, 7) is 0.619. The number of halogens is 2. The molecular weight excluding hydrogens is 331 g/mol. The largest absolute Gasteiger partial charge is 0.355 e. The fourth-order valence-corrected chi connectivity index (χ4v) is 2.08. The number of benzene rings is 1. The monoisotopic (exact) mass is 348 g/mol. The Hall–Kier alpha value is -0.910. The van der Waals surface area contributed by atoms with E-state index in [1.54, 1.807) is 18.2 Å². The first-order valence-corrected chi connectivity index (χ1v) is 8.04. The van der Waals surface area contributed by atoms with Crippen LogP contribution in [0.25, 0.3) is 0 Å². The van der Waals surface area contributed by atoms with Gasteiger partial charge < -0.3 is 10.6 Å². The number of rotatable bonds is 8. The summed E-state index contributed by atoms with van der Waals surface area (Å²) in [6.07, 6.45) is 2.92. The molecule has 0 saturated carbocycles. The average Bonchev–Trinajstić information content (AvgIpc) is 2.46. The number of anilines is 1. The van der Waals surface area contributed by atoms with Crippen molar-refractivity contribution in [2.24, 2.45) is 0 Å². The molecule has 1 aromatic rings. The van der Waals surface area contributed by atoms with Crippen LogP contribution < -0.4 is 10.6 Å². The van der Waals surface area contributed by atoms with E-state index in [9.17, 15) is 9.59 Å². The van der Waals surface area contributed by atoms with E-state index >= 15 is 0 Å². The summed E-state index contributed by atoms with van der Waals surface area (Å²) in [6, 6.07) is 4.97. The molecule has 0 aliphatic heterocycles. The van der Waals surface area contributed by atoms with E-state index in [4.69, 9.17) is 23.2 Å². The van der Waals surface area contributed by atoms with Crippen LogP contribution in [0.2, 0.25) is 10.0 Å². The number of nitrogens with one attached hydrogen (secondary N) is 2. The maximum Gasteiger partial charge on any atom is 0.229 e. The van der Waals surface area contributed by atoms with Gasteiger partial charge in [-0.1, -0.05) is 29.6 Å². The SMILES string of the molecule is O=C(CS)NCCCCCC(=O)Nc1ccc(Cl)c(Cl)c1. The zero-order chi connectivity index (χ0) is 15.7. The Morgan fingerprint density at radius 1 is 1.05 bits per heavy atom. The van der Waals surface area contributed by atoms with Gasteiger partial charge in [0.25, 0.3) is 0 Å². The summed E-state index contributed by atoms with van der Waals surface area (Å²) >= 11 is 15.5. The molecule has 0 saturated heterocycles. The van der Waals surface area contributed by atoms with Gasteiger partial charge in [0.15, 0.2) is 0 Å². The van der Waals surface area contributed by atoms with Crippen LogP contribution in [0.15, 0.2) is 18.2 Å². The molecule has 4 nitrogen and oxygen atoms in total. The van der Waals surface area contributed by atoms with Crippen LogP contribution in [0.3, 0.4) is 0 Å². The summed E-state index contributed by atoms with van der Waals surface area (Å²) in [5.74, 6) is 0.0648. The van der Waals surface area contributed by atoms with Crippen molar-refractivity contribution in [1.29, 1.82) is 0 Å². The van der Waals surface area contributed by atoms with Gasteiger partial charge in [-0.2, -0.15) is 12.6 Å². The summed E-state index contributed by atoms with van der Waals surface area (Å²) in [5, 5.41) is 6.36. The first kappa shape index (κ1) is 18.1. The number of unbranched alkanes of at least 4 members (excludes halogenated alkanes) is 2. The number of thiol groups is 1. The topological polar surface area (TPSA) is 58.2 Å². The third kappa shape index (κ3) is 7.60. The van der Waals surface area contributed by atoms with Crippen LogP contribution in [0.5, 0.6) is 0 Å². The van der Waals surface area contributed by atoms with Gasteiger partial charge in [0.05, 0.1) is 15.8 Å². The second kappa shape index (κ2) is 9.92. The van der Waals surface area contributed by atoms with Gasteiger partial charge in [0.1, 0.15) is 0 Å². The number of amides is 2. The van der Waals surface area contributed by atoms with Crippen LogP contribution in [0, 0.1) is 0 Å². The van der Waals surface area contributed by atoms with E-state index in [1.165, 1.54) is 0 Å². The lowest BCUT2D eigenvalue weighted by Crippen LogP contribution is -2.25. The molecule has 0 aromatic heterocycles. The van der Waals surface area contributed by atoms with Crippen LogP contribution in [-0.2, 0) is 9.59 Å². The lowest BCUT2D eigenvalue weighted by Gasteiger charge is -2.06. The van der Waals surface area contributed by atoms with Crippen LogP contribution >= 0.6 is 35.8 Å². The van der Waals surface area contributed by atoms with Crippen molar-refractivity contribution >= 4 is 53.3 Å². The van der Waals surface area contributed by atoms with Crippen LogP contribution in [-0.4, -0.2) is 24.1 Å². The first-order valence-electron chi connectivity index (χ1n) is 6.65. The van der Waals surface area contributed by atoms with Gasteiger partial charge in [0.2, 0.25) is 11.8 Å². The highest BCUT2D eigenvalue weighted by Crippen LogP contribution is 2.25. The molecule has 0 atom stereocenters. The van der Waals surface area contributed by atoms with Crippen molar-refractivity contribution in [2.45, 2.75) is 25.7 Å². The molecule has 0 spiro atoms. The Bertz CT molecular complexity index is 498. The fraction of sp³-hybridized carbons (Fsp3) is 0.429. The van der Waals surface area contributed by atoms with Gasteiger partial charge in [-0.05, 0) is 31.0 Å².